The Morgan fingerprint density at radius 1 is 1.07 bits per heavy atom. The van der Waals surface area contributed by atoms with Crippen molar-refractivity contribution in [3.05, 3.63) is 66.2 Å². The minimum absolute atomic E-state index is 0.0636. The monoisotopic (exact) mass is 383 g/mol. The maximum Gasteiger partial charge on any atom is 0.247 e. The van der Waals surface area contributed by atoms with Crippen LogP contribution in [0.5, 0.6) is 5.75 Å². The van der Waals surface area contributed by atoms with Crippen LogP contribution in [0.25, 0.3) is 0 Å². The molecule has 0 aliphatic carbocycles. The molecular weight excluding hydrogens is 354 g/mol. The number of hydrogen-bond acceptors (Lipinski definition) is 5. The third-order valence-electron chi connectivity index (χ3n) is 5.13. The summed E-state index contributed by atoms with van der Waals surface area (Å²) in [5.41, 5.74) is 6.14. The van der Waals surface area contributed by atoms with E-state index in [9.17, 15) is 9.90 Å². The summed E-state index contributed by atoms with van der Waals surface area (Å²) < 4.78 is 5.60. The highest BCUT2D eigenvalue weighted by molar-refractivity contribution is 5.87. The van der Waals surface area contributed by atoms with Gasteiger partial charge >= 0.3 is 0 Å². The minimum atomic E-state index is -1.04. The van der Waals surface area contributed by atoms with Gasteiger partial charge in [0.1, 0.15) is 24.0 Å². The standard InChI is InChI=1S/C22H29N3O3/c1-22(23,18-8-4-2-5-9-18)21(27)25-14-12-24(13-15-25)16-19(26)17-28-20-10-6-3-7-11-20/h2-11,19,26H,12-17,23H2,1H3. The number of rotatable bonds is 7. The molecule has 150 valence electrons. The Morgan fingerprint density at radius 3 is 2.25 bits per heavy atom. The molecule has 2 aromatic rings. The molecule has 0 bridgehead atoms. The van der Waals surface area contributed by atoms with Gasteiger partial charge in [0, 0.05) is 32.7 Å². The largest absolute Gasteiger partial charge is 0.491 e. The SMILES string of the molecule is CC(N)(C(=O)N1CCN(CC(O)COc2ccccc2)CC1)c1ccccc1. The first kappa shape index (κ1) is 20.3. The summed E-state index contributed by atoms with van der Waals surface area (Å²) in [5.74, 6) is 0.686. The van der Waals surface area contributed by atoms with E-state index < -0.39 is 11.6 Å². The molecule has 0 radical (unpaired) electrons. The summed E-state index contributed by atoms with van der Waals surface area (Å²) in [5, 5.41) is 10.2. The predicted octanol–water partition coefficient (Wildman–Crippen LogP) is 1.44. The van der Waals surface area contributed by atoms with Gasteiger partial charge in [0.15, 0.2) is 0 Å². The van der Waals surface area contributed by atoms with Gasteiger partial charge < -0.3 is 20.5 Å². The first-order valence-electron chi connectivity index (χ1n) is 9.69. The number of nitrogens with two attached hydrogens (primary N) is 1. The molecule has 1 amide bonds. The second-order valence-corrected chi connectivity index (χ2v) is 7.44. The number of carbonyl (C=O) groups is 1. The Kier molecular flexibility index (Phi) is 6.67. The van der Waals surface area contributed by atoms with Crippen LogP contribution in [-0.2, 0) is 10.3 Å². The summed E-state index contributed by atoms with van der Waals surface area (Å²) in [6, 6.07) is 18.9. The molecule has 0 aromatic heterocycles. The van der Waals surface area contributed by atoms with Crippen LogP contribution >= 0.6 is 0 Å². The van der Waals surface area contributed by atoms with Gasteiger partial charge in [0.2, 0.25) is 5.91 Å². The van der Waals surface area contributed by atoms with Gasteiger partial charge in [-0.1, -0.05) is 48.5 Å². The van der Waals surface area contributed by atoms with Crippen molar-refractivity contribution >= 4 is 5.91 Å². The highest BCUT2D eigenvalue weighted by atomic mass is 16.5. The van der Waals surface area contributed by atoms with Crippen molar-refractivity contribution in [1.82, 2.24) is 9.80 Å². The Morgan fingerprint density at radius 2 is 1.64 bits per heavy atom. The summed E-state index contributed by atoms with van der Waals surface area (Å²) >= 11 is 0. The van der Waals surface area contributed by atoms with Gasteiger partial charge in [0.25, 0.3) is 0 Å². The van der Waals surface area contributed by atoms with E-state index in [1.807, 2.05) is 65.6 Å². The molecule has 3 rings (SSSR count). The lowest BCUT2D eigenvalue weighted by Crippen LogP contribution is -2.57. The fraction of sp³-hybridized carbons (Fsp3) is 0.409. The van der Waals surface area contributed by atoms with Gasteiger partial charge in [-0.2, -0.15) is 0 Å². The Balaban J connectivity index is 1.45. The van der Waals surface area contributed by atoms with E-state index in [2.05, 4.69) is 4.90 Å². The van der Waals surface area contributed by atoms with Gasteiger partial charge in [0.05, 0.1) is 0 Å². The molecule has 1 fully saturated rings. The number of ether oxygens (including phenoxy) is 1. The summed E-state index contributed by atoms with van der Waals surface area (Å²) in [7, 11) is 0. The lowest BCUT2D eigenvalue weighted by atomic mass is 9.91. The minimum Gasteiger partial charge on any atom is -0.491 e. The zero-order chi connectivity index (χ0) is 20.0. The number of hydrogen-bond donors (Lipinski definition) is 2. The van der Waals surface area contributed by atoms with Crippen molar-refractivity contribution in [2.24, 2.45) is 5.73 Å². The van der Waals surface area contributed by atoms with Gasteiger partial charge in [-0.3, -0.25) is 9.69 Å². The third kappa shape index (κ3) is 5.10. The molecule has 0 spiro atoms. The van der Waals surface area contributed by atoms with Crippen LogP contribution in [0.1, 0.15) is 12.5 Å². The molecule has 6 heteroatoms. The van der Waals surface area contributed by atoms with E-state index in [1.54, 1.807) is 6.92 Å². The first-order valence-corrected chi connectivity index (χ1v) is 9.69. The van der Waals surface area contributed by atoms with Crippen molar-refractivity contribution in [3.63, 3.8) is 0 Å². The second kappa shape index (κ2) is 9.19. The number of carbonyl (C=O) groups excluding carboxylic acids is 1. The maximum atomic E-state index is 12.9. The highest BCUT2D eigenvalue weighted by Gasteiger charge is 2.35. The van der Waals surface area contributed by atoms with Gasteiger partial charge in [-0.25, -0.2) is 0 Å². The fourth-order valence-corrected chi connectivity index (χ4v) is 3.43. The first-order chi connectivity index (χ1) is 13.5. The van der Waals surface area contributed by atoms with Crippen molar-refractivity contribution in [1.29, 1.82) is 0 Å². The molecule has 0 saturated carbocycles. The molecule has 6 nitrogen and oxygen atoms in total. The van der Waals surface area contributed by atoms with Gasteiger partial charge in [-0.05, 0) is 24.6 Å². The number of para-hydroxylation sites is 1. The molecule has 2 aromatic carbocycles. The molecule has 1 heterocycles. The number of nitrogens with zero attached hydrogens (tertiary/aromatic N) is 2. The van der Waals surface area contributed by atoms with Crippen LogP contribution in [0, 0.1) is 0 Å². The summed E-state index contributed by atoms with van der Waals surface area (Å²) in [6.07, 6.45) is -0.577. The van der Waals surface area contributed by atoms with E-state index >= 15 is 0 Å². The van der Waals surface area contributed by atoms with E-state index in [-0.39, 0.29) is 12.5 Å². The second-order valence-electron chi connectivity index (χ2n) is 7.44. The van der Waals surface area contributed by atoms with E-state index in [0.29, 0.717) is 32.7 Å². The number of piperazine rings is 1. The van der Waals surface area contributed by atoms with Crippen LogP contribution in [0.4, 0.5) is 0 Å². The van der Waals surface area contributed by atoms with Crippen LogP contribution in [0.2, 0.25) is 0 Å². The molecule has 1 aliphatic rings. The van der Waals surface area contributed by atoms with Crippen molar-refractivity contribution in [3.8, 4) is 5.75 Å². The topological polar surface area (TPSA) is 79.0 Å². The number of β-amino-alcohol motifs (C(OH)–C–C–N with tert-alkyl or cyclic N) is 1. The Hall–Kier alpha value is -2.41. The average molecular weight is 383 g/mol. The van der Waals surface area contributed by atoms with Crippen LogP contribution in [0.3, 0.4) is 0 Å². The van der Waals surface area contributed by atoms with Crippen LogP contribution in [0.15, 0.2) is 60.7 Å². The number of aliphatic hydroxyl groups is 1. The van der Waals surface area contributed by atoms with Crippen molar-refractivity contribution < 1.29 is 14.6 Å². The van der Waals surface area contributed by atoms with Gasteiger partial charge in [-0.15, -0.1) is 0 Å². The third-order valence-corrected chi connectivity index (χ3v) is 5.13. The van der Waals surface area contributed by atoms with Crippen molar-refractivity contribution in [2.75, 3.05) is 39.3 Å². The van der Waals surface area contributed by atoms with E-state index in [1.165, 1.54) is 0 Å². The Labute approximate surface area is 166 Å². The molecule has 3 N–H and O–H groups in total. The lowest BCUT2D eigenvalue weighted by molar-refractivity contribution is -0.138. The quantitative estimate of drug-likeness (QED) is 0.757. The van der Waals surface area contributed by atoms with Crippen LogP contribution < -0.4 is 10.5 Å². The van der Waals surface area contributed by atoms with Crippen LogP contribution in [-0.4, -0.2) is 66.2 Å². The average Bonchev–Trinajstić information content (AvgIpc) is 2.73. The molecule has 1 aliphatic heterocycles. The predicted molar refractivity (Wildman–Crippen MR) is 109 cm³/mol. The zero-order valence-electron chi connectivity index (χ0n) is 16.3. The highest BCUT2D eigenvalue weighted by Crippen LogP contribution is 2.21. The number of aliphatic hydroxyl groups excluding tert-OH is 1. The fourth-order valence-electron chi connectivity index (χ4n) is 3.43. The maximum absolute atomic E-state index is 12.9. The number of amides is 1. The normalized spacial score (nSPS) is 18.3. The lowest BCUT2D eigenvalue weighted by Gasteiger charge is -2.39. The van der Waals surface area contributed by atoms with Crippen molar-refractivity contribution in [2.45, 2.75) is 18.6 Å². The van der Waals surface area contributed by atoms with E-state index in [4.69, 9.17) is 10.5 Å². The molecule has 28 heavy (non-hydrogen) atoms. The smallest absolute Gasteiger partial charge is 0.247 e. The molecule has 2 unspecified atom stereocenters. The molecule has 1 saturated heterocycles. The summed E-state index contributed by atoms with van der Waals surface area (Å²) in [6.45, 7) is 5.15. The summed E-state index contributed by atoms with van der Waals surface area (Å²) in [4.78, 5) is 16.9. The molecular formula is C22H29N3O3. The van der Waals surface area contributed by atoms with E-state index in [0.717, 1.165) is 11.3 Å². The number of benzene rings is 2. The zero-order valence-corrected chi connectivity index (χ0v) is 16.3. The Bertz CT molecular complexity index is 744. The molecule has 2 atom stereocenters.